The number of nitrogens with one attached hydrogen (secondary N) is 1. The normalized spacial score (nSPS) is 10.6. The fraction of sp³-hybridized carbons (Fsp3) is 0.353. The molecule has 0 fully saturated rings. The maximum Gasteiger partial charge on any atom is 0.0642 e. The van der Waals surface area contributed by atoms with Crippen molar-refractivity contribution in [3.8, 4) is 0 Å². The Balaban J connectivity index is 2.02. The summed E-state index contributed by atoms with van der Waals surface area (Å²) in [6.45, 7) is 4.85. The summed E-state index contributed by atoms with van der Waals surface area (Å²) in [5.74, 6) is 0. The summed E-state index contributed by atoms with van der Waals surface area (Å²) in [5.41, 5.74) is 3.43. The number of benzene rings is 1. The maximum atomic E-state index is 6.42. The third kappa shape index (κ3) is 4.73. The predicted octanol–water partition coefficient (Wildman–Crippen LogP) is 3.87. The summed E-state index contributed by atoms with van der Waals surface area (Å²) in [6, 6.07) is 10.3. The Morgan fingerprint density at radius 1 is 1.24 bits per heavy atom. The lowest BCUT2D eigenvalue weighted by Crippen LogP contribution is -2.17. The van der Waals surface area contributed by atoms with Crippen molar-refractivity contribution in [2.45, 2.75) is 26.4 Å². The van der Waals surface area contributed by atoms with E-state index in [4.69, 9.17) is 11.6 Å². The Labute approximate surface area is 132 Å². The zero-order chi connectivity index (χ0) is 15.1. The Morgan fingerprint density at radius 2 is 2.10 bits per heavy atom. The fourth-order valence-electron chi connectivity index (χ4n) is 2.23. The number of hydrogen-bond donors (Lipinski definition) is 1. The van der Waals surface area contributed by atoms with Crippen molar-refractivity contribution in [1.82, 2.24) is 10.3 Å². The van der Waals surface area contributed by atoms with E-state index in [9.17, 15) is 0 Å². The standard InChI is InChI=1S/C17H22ClN3/c1-3-8-19-11-14-6-7-17(16(18)10-14)21(2)13-15-5-4-9-20-12-15/h4-7,9-10,12,19H,3,8,11,13H2,1-2H3. The van der Waals surface area contributed by atoms with Crippen molar-refractivity contribution in [1.29, 1.82) is 0 Å². The lowest BCUT2D eigenvalue weighted by atomic mass is 10.2. The van der Waals surface area contributed by atoms with Gasteiger partial charge in [0.05, 0.1) is 10.7 Å². The molecule has 1 aromatic carbocycles. The lowest BCUT2D eigenvalue weighted by Gasteiger charge is -2.21. The number of hydrogen-bond acceptors (Lipinski definition) is 3. The van der Waals surface area contributed by atoms with Crippen LogP contribution in [-0.4, -0.2) is 18.6 Å². The molecule has 0 unspecified atom stereocenters. The van der Waals surface area contributed by atoms with Crippen LogP contribution < -0.4 is 10.2 Å². The van der Waals surface area contributed by atoms with Crippen LogP contribution in [0.5, 0.6) is 0 Å². The predicted molar refractivity (Wildman–Crippen MR) is 89.8 cm³/mol. The van der Waals surface area contributed by atoms with E-state index in [1.54, 1.807) is 6.20 Å². The number of rotatable bonds is 7. The molecule has 3 nitrogen and oxygen atoms in total. The largest absolute Gasteiger partial charge is 0.369 e. The highest BCUT2D eigenvalue weighted by atomic mass is 35.5. The van der Waals surface area contributed by atoms with Crippen molar-refractivity contribution in [2.75, 3.05) is 18.5 Å². The second-order valence-corrected chi connectivity index (χ2v) is 5.59. The Bertz CT molecular complexity index is 557. The van der Waals surface area contributed by atoms with E-state index in [2.05, 4.69) is 40.3 Å². The van der Waals surface area contributed by atoms with Crippen LogP contribution in [0.2, 0.25) is 5.02 Å². The van der Waals surface area contributed by atoms with Crippen LogP contribution in [0.15, 0.2) is 42.7 Å². The van der Waals surface area contributed by atoms with Gasteiger partial charge in [-0.25, -0.2) is 0 Å². The molecule has 2 rings (SSSR count). The Hall–Kier alpha value is -1.58. The minimum absolute atomic E-state index is 0.789. The molecule has 0 radical (unpaired) electrons. The molecule has 21 heavy (non-hydrogen) atoms. The molecule has 0 spiro atoms. The second kappa shape index (κ2) is 8.01. The van der Waals surface area contributed by atoms with Gasteiger partial charge >= 0.3 is 0 Å². The van der Waals surface area contributed by atoms with Crippen molar-refractivity contribution in [2.24, 2.45) is 0 Å². The van der Waals surface area contributed by atoms with E-state index in [0.717, 1.165) is 36.8 Å². The lowest BCUT2D eigenvalue weighted by molar-refractivity contribution is 0.675. The maximum absolute atomic E-state index is 6.42. The van der Waals surface area contributed by atoms with Crippen LogP contribution in [0.4, 0.5) is 5.69 Å². The summed E-state index contributed by atoms with van der Waals surface area (Å²) >= 11 is 6.42. The molecule has 0 saturated heterocycles. The zero-order valence-electron chi connectivity index (χ0n) is 12.6. The summed E-state index contributed by atoms with van der Waals surface area (Å²) in [6.07, 6.45) is 4.81. The molecule has 2 aromatic rings. The van der Waals surface area contributed by atoms with Crippen LogP contribution >= 0.6 is 11.6 Å². The van der Waals surface area contributed by atoms with Crippen molar-refractivity contribution < 1.29 is 0 Å². The van der Waals surface area contributed by atoms with Gasteiger partial charge in [-0.1, -0.05) is 30.7 Å². The molecule has 0 aliphatic carbocycles. The van der Waals surface area contributed by atoms with Crippen LogP contribution in [0.25, 0.3) is 0 Å². The molecule has 0 amide bonds. The zero-order valence-corrected chi connectivity index (χ0v) is 13.4. The van der Waals surface area contributed by atoms with Crippen LogP contribution in [0.3, 0.4) is 0 Å². The molecule has 1 aromatic heterocycles. The Morgan fingerprint density at radius 3 is 2.76 bits per heavy atom. The van der Waals surface area contributed by atoms with Gasteiger partial charge in [-0.2, -0.15) is 0 Å². The van der Waals surface area contributed by atoms with E-state index < -0.39 is 0 Å². The van der Waals surface area contributed by atoms with E-state index in [-0.39, 0.29) is 0 Å². The molecule has 4 heteroatoms. The van der Waals surface area contributed by atoms with Gasteiger partial charge in [0.2, 0.25) is 0 Å². The van der Waals surface area contributed by atoms with E-state index in [1.807, 2.05) is 25.4 Å². The van der Waals surface area contributed by atoms with Gasteiger partial charge in [0.1, 0.15) is 0 Å². The van der Waals surface area contributed by atoms with Crippen LogP contribution in [0, 0.1) is 0 Å². The first-order chi connectivity index (χ1) is 10.2. The van der Waals surface area contributed by atoms with E-state index in [0.29, 0.717) is 0 Å². The first-order valence-corrected chi connectivity index (χ1v) is 7.67. The van der Waals surface area contributed by atoms with Crippen molar-refractivity contribution >= 4 is 17.3 Å². The van der Waals surface area contributed by atoms with Crippen LogP contribution in [0.1, 0.15) is 24.5 Å². The topological polar surface area (TPSA) is 28.2 Å². The summed E-state index contributed by atoms with van der Waals surface area (Å²) < 4.78 is 0. The monoisotopic (exact) mass is 303 g/mol. The molecule has 112 valence electrons. The van der Waals surface area contributed by atoms with Gasteiger partial charge in [-0.05, 0) is 42.3 Å². The second-order valence-electron chi connectivity index (χ2n) is 5.18. The summed E-state index contributed by atoms with van der Waals surface area (Å²) in [7, 11) is 2.04. The van der Waals surface area contributed by atoms with Gasteiger partial charge in [0.25, 0.3) is 0 Å². The highest BCUT2D eigenvalue weighted by Gasteiger charge is 2.07. The molecule has 0 atom stereocenters. The number of halogens is 1. The Kier molecular flexibility index (Phi) is 6.03. The number of pyridine rings is 1. The SMILES string of the molecule is CCCNCc1ccc(N(C)Cc2cccnc2)c(Cl)c1. The minimum Gasteiger partial charge on any atom is -0.369 e. The van der Waals surface area contributed by atoms with Gasteiger partial charge in [0, 0.05) is 32.5 Å². The van der Waals surface area contributed by atoms with Gasteiger partial charge in [-0.15, -0.1) is 0 Å². The third-order valence-electron chi connectivity index (χ3n) is 3.32. The quantitative estimate of drug-likeness (QED) is 0.787. The molecular weight excluding hydrogens is 282 g/mol. The fourth-order valence-corrected chi connectivity index (χ4v) is 2.58. The van der Waals surface area contributed by atoms with Gasteiger partial charge < -0.3 is 10.2 Å². The third-order valence-corrected chi connectivity index (χ3v) is 3.62. The average Bonchev–Trinajstić information content (AvgIpc) is 2.48. The average molecular weight is 304 g/mol. The molecular formula is C17H22ClN3. The number of nitrogens with zero attached hydrogens (tertiary/aromatic N) is 2. The number of aromatic nitrogens is 1. The molecule has 1 N–H and O–H groups in total. The molecule has 1 heterocycles. The van der Waals surface area contributed by atoms with Gasteiger partial charge in [0.15, 0.2) is 0 Å². The molecule has 0 saturated carbocycles. The van der Waals surface area contributed by atoms with Crippen molar-refractivity contribution in [3.05, 3.63) is 58.9 Å². The summed E-state index contributed by atoms with van der Waals surface area (Å²) in [5, 5.41) is 4.18. The van der Waals surface area contributed by atoms with Crippen LogP contribution in [-0.2, 0) is 13.1 Å². The highest BCUT2D eigenvalue weighted by Crippen LogP contribution is 2.27. The van der Waals surface area contributed by atoms with Crippen molar-refractivity contribution in [3.63, 3.8) is 0 Å². The minimum atomic E-state index is 0.789. The highest BCUT2D eigenvalue weighted by molar-refractivity contribution is 6.33. The van der Waals surface area contributed by atoms with E-state index >= 15 is 0 Å². The first kappa shape index (κ1) is 15.8. The smallest absolute Gasteiger partial charge is 0.0642 e. The first-order valence-electron chi connectivity index (χ1n) is 7.30. The molecule has 0 aliphatic rings. The molecule has 0 bridgehead atoms. The molecule has 0 aliphatic heterocycles. The number of anilines is 1. The van der Waals surface area contributed by atoms with Gasteiger partial charge in [-0.3, -0.25) is 4.98 Å². The summed E-state index contributed by atoms with van der Waals surface area (Å²) in [4.78, 5) is 6.28. The van der Waals surface area contributed by atoms with E-state index in [1.165, 1.54) is 11.1 Å².